The molecular formula is C24H26FN5O. The molecule has 2 N–H and O–H groups in total. The molecule has 4 rings (SSSR count). The second-order valence-corrected chi connectivity index (χ2v) is 7.59. The van der Waals surface area contributed by atoms with E-state index >= 15 is 0 Å². The first-order valence-electron chi connectivity index (χ1n) is 10.4. The molecule has 0 unspecified atom stereocenters. The van der Waals surface area contributed by atoms with Crippen molar-refractivity contribution < 1.29 is 9.18 Å². The minimum Gasteiger partial charge on any atom is -0.339 e. The molecule has 1 amide bonds. The maximum Gasteiger partial charge on any atom is 0.240 e. The van der Waals surface area contributed by atoms with E-state index in [2.05, 4.69) is 17.6 Å². The average Bonchev–Trinajstić information content (AvgIpc) is 3.13. The van der Waals surface area contributed by atoms with Crippen LogP contribution in [0.4, 0.5) is 15.9 Å². The highest BCUT2D eigenvalue weighted by molar-refractivity contribution is 5.82. The normalized spacial score (nSPS) is 12.7. The number of aryl methyl sites for hydroxylation is 1. The lowest BCUT2D eigenvalue weighted by molar-refractivity contribution is -0.128. The molecule has 2 heterocycles. The van der Waals surface area contributed by atoms with Gasteiger partial charge in [0, 0.05) is 23.7 Å². The largest absolute Gasteiger partial charge is 0.339 e. The molecule has 0 bridgehead atoms. The number of amides is 1. The zero-order chi connectivity index (χ0) is 21.8. The number of nitrogens with zero attached hydrogens (tertiary/aromatic N) is 3. The van der Waals surface area contributed by atoms with Crippen molar-refractivity contribution in [2.24, 2.45) is 0 Å². The van der Waals surface area contributed by atoms with Crippen molar-refractivity contribution in [2.75, 3.05) is 18.4 Å². The summed E-state index contributed by atoms with van der Waals surface area (Å²) in [5, 5.41) is 6.59. The molecule has 0 radical (unpaired) electrons. The summed E-state index contributed by atoms with van der Waals surface area (Å²) in [4.78, 5) is 19.0. The van der Waals surface area contributed by atoms with Gasteiger partial charge < -0.3 is 15.5 Å². The highest BCUT2D eigenvalue weighted by atomic mass is 19.1. The van der Waals surface area contributed by atoms with E-state index in [1.807, 2.05) is 42.0 Å². The van der Waals surface area contributed by atoms with Crippen LogP contribution in [-0.4, -0.2) is 33.4 Å². The summed E-state index contributed by atoms with van der Waals surface area (Å²) in [7, 11) is 0. The summed E-state index contributed by atoms with van der Waals surface area (Å²) >= 11 is 0. The zero-order valence-corrected chi connectivity index (χ0v) is 17.7. The number of rotatable bonds is 7. The Morgan fingerprint density at radius 2 is 1.84 bits per heavy atom. The molecule has 0 atom stereocenters. The Balaban J connectivity index is 1.67. The van der Waals surface area contributed by atoms with Gasteiger partial charge in [-0.2, -0.15) is 0 Å². The zero-order valence-electron chi connectivity index (χ0n) is 17.7. The molecule has 1 aliphatic rings. The quantitative estimate of drug-likeness (QED) is 0.553. The van der Waals surface area contributed by atoms with Crippen LogP contribution in [0.2, 0.25) is 0 Å². The Hall–Kier alpha value is -3.45. The first kappa shape index (κ1) is 20.8. The number of hydrogen-bond donors (Lipinski definition) is 2. The molecule has 160 valence electrons. The molecule has 3 aromatic rings. The predicted molar refractivity (Wildman–Crippen MR) is 121 cm³/mol. The summed E-state index contributed by atoms with van der Waals surface area (Å²) in [6.07, 6.45) is 4.59. The van der Waals surface area contributed by atoms with E-state index in [4.69, 9.17) is 4.98 Å². The van der Waals surface area contributed by atoms with Crippen LogP contribution in [-0.2, 0) is 11.3 Å². The molecule has 0 spiro atoms. The molecule has 7 heteroatoms. The first-order valence-corrected chi connectivity index (χ1v) is 10.4. The van der Waals surface area contributed by atoms with Gasteiger partial charge in [0.05, 0.1) is 13.1 Å². The molecule has 0 aliphatic carbocycles. The summed E-state index contributed by atoms with van der Waals surface area (Å²) in [5.41, 5.74) is 3.60. The summed E-state index contributed by atoms with van der Waals surface area (Å²) < 4.78 is 15.4. The van der Waals surface area contributed by atoms with E-state index in [0.717, 1.165) is 35.9 Å². The van der Waals surface area contributed by atoms with Gasteiger partial charge in [-0.15, -0.1) is 0 Å². The number of hydrogen-bond acceptors (Lipinski definition) is 4. The Morgan fingerprint density at radius 1 is 1.10 bits per heavy atom. The summed E-state index contributed by atoms with van der Waals surface area (Å²) in [6.45, 7) is 5.56. The van der Waals surface area contributed by atoms with Gasteiger partial charge in [0.25, 0.3) is 0 Å². The highest BCUT2D eigenvalue weighted by Crippen LogP contribution is 2.33. The molecule has 0 fully saturated rings. The fourth-order valence-corrected chi connectivity index (χ4v) is 3.45. The Labute approximate surface area is 181 Å². The topological polar surface area (TPSA) is 62.2 Å². The fraction of sp³-hybridized carbons (Fsp3) is 0.250. The first-order chi connectivity index (χ1) is 15.0. The number of nitrogens with one attached hydrogen (secondary N) is 2. The highest BCUT2D eigenvalue weighted by Gasteiger charge is 2.24. The van der Waals surface area contributed by atoms with Gasteiger partial charge in [0.1, 0.15) is 23.2 Å². The van der Waals surface area contributed by atoms with Gasteiger partial charge in [-0.1, -0.05) is 24.6 Å². The maximum atomic E-state index is 13.5. The van der Waals surface area contributed by atoms with Crippen molar-refractivity contribution in [1.82, 2.24) is 19.8 Å². The van der Waals surface area contributed by atoms with Crippen LogP contribution in [0, 0.1) is 12.7 Å². The number of anilines is 2. The Morgan fingerprint density at radius 3 is 2.55 bits per heavy atom. The van der Waals surface area contributed by atoms with E-state index < -0.39 is 0 Å². The van der Waals surface area contributed by atoms with Crippen LogP contribution in [0.1, 0.15) is 24.7 Å². The number of halogens is 1. The Bertz CT molecular complexity index is 1090. The second-order valence-electron chi connectivity index (χ2n) is 7.59. The molecule has 0 saturated heterocycles. The molecular weight excluding hydrogens is 393 g/mol. The number of aromatic nitrogens is 2. The summed E-state index contributed by atoms with van der Waals surface area (Å²) in [5.74, 6) is 1.21. The van der Waals surface area contributed by atoms with Crippen LogP contribution >= 0.6 is 0 Å². The third kappa shape index (κ3) is 4.67. The van der Waals surface area contributed by atoms with Gasteiger partial charge >= 0.3 is 0 Å². The lowest BCUT2D eigenvalue weighted by atomic mass is 10.1. The van der Waals surface area contributed by atoms with Crippen molar-refractivity contribution >= 4 is 23.6 Å². The molecule has 31 heavy (non-hydrogen) atoms. The second kappa shape index (κ2) is 9.14. The van der Waals surface area contributed by atoms with Gasteiger partial charge in [0.15, 0.2) is 0 Å². The van der Waals surface area contributed by atoms with Crippen molar-refractivity contribution in [2.45, 2.75) is 26.8 Å². The monoisotopic (exact) mass is 419 g/mol. The van der Waals surface area contributed by atoms with Gasteiger partial charge in [-0.05, 0) is 56.3 Å². The molecule has 2 aromatic carbocycles. The van der Waals surface area contributed by atoms with E-state index in [9.17, 15) is 9.18 Å². The maximum absolute atomic E-state index is 13.5. The lowest BCUT2D eigenvalue weighted by Crippen LogP contribution is -2.36. The fourth-order valence-electron chi connectivity index (χ4n) is 3.45. The van der Waals surface area contributed by atoms with Gasteiger partial charge in [0.2, 0.25) is 5.91 Å². The third-order valence-corrected chi connectivity index (χ3v) is 5.15. The minimum absolute atomic E-state index is 0.00433. The molecule has 1 aliphatic heterocycles. The molecule has 0 saturated carbocycles. The average molecular weight is 420 g/mol. The number of carbonyl (C=O) groups excluding carboxylic acids is 1. The van der Waals surface area contributed by atoms with Crippen LogP contribution in [0.25, 0.3) is 17.5 Å². The van der Waals surface area contributed by atoms with E-state index in [-0.39, 0.29) is 18.3 Å². The van der Waals surface area contributed by atoms with E-state index in [0.29, 0.717) is 12.2 Å². The van der Waals surface area contributed by atoms with Crippen LogP contribution < -0.4 is 10.6 Å². The number of fused-ring (bicyclic) bond motifs is 1. The smallest absolute Gasteiger partial charge is 0.240 e. The van der Waals surface area contributed by atoms with E-state index in [1.54, 1.807) is 23.2 Å². The SMILES string of the molecule is CCCNCC(=O)N1C=Cn2c(nc(-c3ccc(F)cc3)c2Nc2ccc(C)cc2)C1. The van der Waals surface area contributed by atoms with Crippen molar-refractivity contribution in [1.29, 1.82) is 0 Å². The van der Waals surface area contributed by atoms with Crippen molar-refractivity contribution in [3.8, 4) is 11.3 Å². The molecule has 6 nitrogen and oxygen atoms in total. The number of imidazole rings is 1. The van der Waals surface area contributed by atoms with Gasteiger partial charge in [-0.25, -0.2) is 9.37 Å². The summed E-state index contributed by atoms with van der Waals surface area (Å²) in [6, 6.07) is 14.4. The van der Waals surface area contributed by atoms with Gasteiger partial charge in [-0.3, -0.25) is 9.36 Å². The van der Waals surface area contributed by atoms with Crippen LogP contribution in [0.15, 0.2) is 54.7 Å². The van der Waals surface area contributed by atoms with E-state index in [1.165, 1.54) is 17.7 Å². The van der Waals surface area contributed by atoms with Crippen LogP contribution in [0.5, 0.6) is 0 Å². The number of benzene rings is 2. The lowest BCUT2D eigenvalue weighted by Gasteiger charge is -2.23. The van der Waals surface area contributed by atoms with Crippen molar-refractivity contribution in [3.63, 3.8) is 0 Å². The third-order valence-electron chi connectivity index (χ3n) is 5.15. The minimum atomic E-state index is -0.294. The standard InChI is InChI=1S/C24H26FN5O/c1-3-12-26-15-22(31)29-13-14-30-21(16-29)28-23(18-6-8-19(25)9-7-18)24(30)27-20-10-4-17(2)5-11-20/h4-11,13-14,26-27H,3,12,15-16H2,1-2H3. The molecule has 1 aromatic heterocycles. The Kier molecular flexibility index (Phi) is 6.13. The number of carbonyl (C=O) groups is 1. The van der Waals surface area contributed by atoms with Crippen LogP contribution in [0.3, 0.4) is 0 Å². The predicted octanol–water partition coefficient (Wildman–Crippen LogP) is 4.51. The van der Waals surface area contributed by atoms with Crippen molar-refractivity contribution in [3.05, 3.63) is 71.9 Å².